The molecule has 0 aliphatic rings. The van der Waals surface area contributed by atoms with Gasteiger partial charge in [0.15, 0.2) is 0 Å². The Bertz CT molecular complexity index is 427. The van der Waals surface area contributed by atoms with Crippen molar-refractivity contribution in [2.24, 2.45) is 0 Å². The fourth-order valence-electron chi connectivity index (χ4n) is 1.37. The molecule has 1 rings (SSSR count). The number of benzene rings is 1. The van der Waals surface area contributed by atoms with E-state index in [0.717, 1.165) is 10.0 Å². The zero-order chi connectivity index (χ0) is 13.8. The van der Waals surface area contributed by atoms with Crippen LogP contribution in [-0.4, -0.2) is 23.3 Å². The van der Waals surface area contributed by atoms with Crippen LogP contribution in [0.3, 0.4) is 0 Å². The molecule has 4 nitrogen and oxygen atoms in total. The molecule has 0 saturated carbocycles. The molecule has 1 aromatic carbocycles. The molecule has 0 aliphatic heterocycles. The van der Waals surface area contributed by atoms with Crippen LogP contribution in [0.5, 0.6) is 5.75 Å². The number of phenolic OH excluding ortho intramolecular Hbond substituents is 1. The van der Waals surface area contributed by atoms with Crippen LogP contribution in [0, 0.1) is 0 Å². The molecule has 100 valence electrons. The maximum atomic E-state index is 11.4. The van der Waals surface area contributed by atoms with E-state index in [2.05, 4.69) is 21.2 Å². The van der Waals surface area contributed by atoms with Crippen LogP contribution in [0.2, 0.25) is 0 Å². The van der Waals surface area contributed by atoms with Gasteiger partial charge in [-0.15, -0.1) is 0 Å². The summed E-state index contributed by atoms with van der Waals surface area (Å²) in [5.41, 5.74) is 0.446. The lowest BCUT2D eigenvalue weighted by atomic mass is 10.1. The van der Waals surface area contributed by atoms with Gasteiger partial charge in [0, 0.05) is 11.0 Å². The van der Waals surface area contributed by atoms with Crippen LogP contribution in [0.1, 0.15) is 26.3 Å². The van der Waals surface area contributed by atoms with Crippen LogP contribution in [0.15, 0.2) is 22.7 Å². The Morgan fingerprint density at radius 3 is 2.72 bits per heavy atom. The van der Waals surface area contributed by atoms with Gasteiger partial charge in [-0.05, 0) is 51.0 Å². The zero-order valence-corrected chi connectivity index (χ0v) is 12.4. The monoisotopic (exact) mass is 315 g/mol. The number of amides is 1. The largest absolute Gasteiger partial charge is 0.508 e. The Morgan fingerprint density at radius 2 is 2.11 bits per heavy atom. The van der Waals surface area contributed by atoms with Gasteiger partial charge >= 0.3 is 6.09 Å². The molecule has 18 heavy (non-hydrogen) atoms. The molecule has 0 aromatic heterocycles. The Balaban J connectivity index is 2.42. The van der Waals surface area contributed by atoms with Crippen molar-refractivity contribution >= 4 is 22.0 Å². The number of phenols is 1. The Hall–Kier alpha value is -1.23. The van der Waals surface area contributed by atoms with E-state index in [1.165, 1.54) is 0 Å². The molecular weight excluding hydrogens is 298 g/mol. The first-order chi connectivity index (χ1) is 8.28. The van der Waals surface area contributed by atoms with E-state index in [0.29, 0.717) is 13.0 Å². The molecular formula is C13H18BrNO3. The Labute approximate surface area is 115 Å². The number of halogens is 1. The van der Waals surface area contributed by atoms with Crippen LogP contribution in [-0.2, 0) is 11.2 Å². The first kappa shape index (κ1) is 14.8. The van der Waals surface area contributed by atoms with Crippen LogP contribution in [0.4, 0.5) is 4.79 Å². The number of ether oxygens (including phenoxy) is 1. The van der Waals surface area contributed by atoms with Gasteiger partial charge in [-0.1, -0.05) is 15.9 Å². The third-order valence-corrected chi connectivity index (χ3v) is 2.87. The molecule has 2 N–H and O–H groups in total. The predicted octanol–water partition coefficient (Wildman–Crippen LogP) is 3.22. The second-order valence-corrected chi connectivity index (χ2v) is 5.81. The van der Waals surface area contributed by atoms with E-state index < -0.39 is 11.7 Å². The minimum atomic E-state index is -0.490. The van der Waals surface area contributed by atoms with Gasteiger partial charge in [0.05, 0.1) is 0 Å². The minimum Gasteiger partial charge on any atom is -0.508 e. The smallest absolute Gasteiger partial charge is 0.407 e. The molecule has 0 heterocycles. The summed E-state index contributed by atoms with van der Waals surface area (Å²) < 4.78 is 6.03. The highest BCUT2D eigenvalue weighted by atomic mass is 79.9. The van der Waals surface area contributed by atoms with Gasteiger partial charge in [-0.2, -0.15) is 0 Å². The fourth-order valence-corrected chi connectivity index (χ4v) is 1.81. The summed E-state index contributed by atoms with van der Waals surface area (Å²) in [5.74, 6) is 0.213. The average molecular weight is 316 g/mol. The first-order valence-corrected chi connectivity index (χ1v) is 6.51. The summed E-state index contributed by atoms with van der Waals surface area (Å²) in [7, 11) is 0. The quantitative estimate of drug-likeness (QED) is 0.900. The highest BCUT2D eigenvalue weighted by Gasteiger charge is 2.15. The number of alkyl carbamates (subject to hydrolysis) is 1. The minimum absolute atomic E-state index is 0.213. The summed E-state index contributed by atoms with van der Waals surface area (Å²) in [6, 6.07) is 5.05. The fraction of sp³-hybridized carbons (Fsp3) is 0.462. The molecule has 0 atom stereocenters. The normalized spacial score (nSPS) is 11.1. The predicted molar refractivity (Wildman–Crippen MR) is 73.7 cm³/mol. The number of hydrogen-bond donors (Lipinski definition) is 2. The topological polar surface area (TPSA) is 58.6 Å². The van der Waals surface area contributed by atoms with Crippen LogP contribution in [0.25, 0.3) is 0 Å². The second kappa shape index (κ2) is 6.09. The number of aromatic hydroxyl groups is 1. The van der Waals surface area contributed by atoms with Gasteiger partial charge in [-0.25, -0.2) is 4.79 Å². The summed E-state index contributed by atoms with van der Waals surface area (Å²) in [6.07, 6.45) is 0.188. The lowest BCUT2D eigenvalue weighted by Gasteiger charge is -2.19. The number of carbonyl (C=O) groups is 1. The molecule has 0 spiro atoms. The third-order valence-electron chi connectivity index (χ3n) is 2.09. The second-order valence-electron chi connectivity index (χ2n) is 4.95. The zero-order valence-electron chi connectivity index (χ0n) is 10.8. The lowest BCUT2D eigenvalue weighted by molar-refractivity contribution is 0.0528. The molecule has 0 unspecified atom stereocenters. The maximum Gasteiger partial charge on any atom is 0.407 e. The van der Waals surface area contributed by atoms with Crippen LogP contribution < -0.4 is 5.32 Å². The van der Waals surface area contributed by atoms with Crippen molar-refractivity contribution < 1.29 is 14.6 Å². The summed E-state index contributed by atoms with van der Waals surface area (Å²) in [6.45, 7) is 5.91. The van der Waals surface area contributed by atoms with Crippen molar-refractivity contribution in [2.45, 2.75) is 32.8 Å². The van der Waals surface area contributed by atoms with Gasteiger partial charge in [-0.3, -0.25) is 0 Å². The average Bonchev–Trinajstić information content (AvgIpc) is 2.20. The SMILES string of the molecule is CC(C)(C)OC(=O)NCCc1cc(O)ccc1Br. The Morgan fingerprint density at radius 1 is 1.44 bits per heavy atom. The molecule has 0 aliphatic carbocycles. The van der Waals surface area contributed by atoms with E-state index in [1.807, 2.05) is 20.8 Å². The van der Waals surface area contributed by atoms with Crippen molar-refractivity contribution in [1.82, 2.24) is 5.32 Å². The number of rotatable bonds is 3. The number of carbonyl (C=O) groups excluding carboxylic acids is 1. The molecule has 5 heteroatoms. The maximum absolute atomic E-state index is 11.4. The summed E-state index contributed by atoms with van der Waals surface area (Å²) >= 11 is 3.39. The van der Waals surface area contributed by atoms with E-state index in [9.17, 15) is 9.90 Å². The van der Waals surface area contributed by atoms with Crippen molar-refractivity contribution in [3.8, 4) is 5.75 Å². The first-order valence-electron chi connectivity index (χ1n) is 5.72. The molecule has 0 radical (unpaired) electrons. The number of nitrogens with one attached hydrogen (secondary N) is 1. The molecule has 1 aromatic rings. The summed E-state index contributed by atoms with van der Waals surface area (Å²) in [4.78, 5) is 11.4. The molecule has 0 bridgehead atoms. The molecule has 0 fully saturated rings. The van der Waals surface area contributed by atoms with Gasteiger partial charge in [0.2, 0.25) is 0 Å². The van der Waals surface area contributed by atoms with E-state index in [4.69, 9.17) is 4.74 Å². The standard InChI is InChI=1S/C13H18BrNO3/c1-13(2,3)18-12(17)15-7-6-9-8-10(16)4-5-11(9)14/h4-5,8,16H,6-7H2,1-3H3,(H,15,17). The highest BCUT2D eigenvalue weighted by molar-refractivity contribution is 9.10. The summed E-state index contributed by atoms with van der Waals surface area (Å²) in [5, 5.41) is 12.0. The highest BCUT2D eigenvalue weighted by Crippen LogP contribution is 2.21. The van der Waals surface area contributed by atoms with Gasteiger partial charge < -0.3 is 15.2 Å². The molecule has 0 saturated heterocycles. The van der Waals surface area contributed by atoms with Gasteiger partial charge in [0.1, 0.15) is 11.4 Å². The van der Waals surface area contributed by atoms with E-state index in [-0.39, 0.29) is 5.75 Å². The number of hydrogen-bond acceptors (Lipinski definition) is 3. The van der Waals surface area contributed by atoms with Crippen molar-refractivity contribution in [3.63, 3.8) is 0 Å². The van der Waals surface area contributed by atoms with Crippen molar-refractivity contribution in [1.29, 1.82) is 0 Å². The Kier molecular flexibility index (Phi) is 5.02. The van der Waals surface area contributed by atoms with Crippen molar-refractivity contribution in [3.05, 3.63) is 28.2 Å². The van der Waals surface area contributed by atoms with E-state index >= 15 is 0 Å². The van der Waals surface area contributed by atoms with Gasteiger partial charge in [0.25, 0.3) is 0 Å². The van der Waals surface area contributed by atoms with Crippen LogP contribution >= 0.6 is 15.9 Å². The van der Waals surface area contributed by atoms with E-state index in [1.54, 1.807) is 18.2 Å². The molecule has 1 amide bonds. The third kappa shape index (κ3) is 5.40. The van der Waals surface area contributed by atoms with Crippen molar-refractivity contribution in [2.75, 3.05) is 6.54 Å². The lowest BCUT2D eigenvalue weighted by Crippen LogP contribution is -2.33.